The number of aliphatic hydroxyl groups is 1. The predicted octanol–water partition coefficient (Wildman–Crippen LogP) is 4.37. The number of benzene rings is 1. The molecule has 1 aliphatic rings. The molecule has 1 unspecified atom stereocenters. The van der Waals surface area contributed by atoms with Crippen LogP contribution in [-0.2, 0) is 4.74 Å². The molecular weight excluding hydrogens is 307 g/mol. The van der Waals surface area contributed by atoms with E-state index >= 15 is 0 Å². The Morgan fingerprint density at radius 1 is 1.42 bits per heavy atom. The summed E-state index contributed by atoms with van der Waals surface area (Å²) in [6.45, 7) is 6.47. The van der Waals surface area contributed by atoms with Crippen LogP contribution in [0.25, 0.3) is 6.08 Å². The van der Waals surface area contributed by atoms with Gasteiger partial charge in [0.15, 0.2) is 11.6 Å². The first-order chi connectivity index (χ1) is 11.5. The Hall–Kier alpha value is -1.91. The molecule has 2 rings (SSSR count). The number of ether oxygens (including phenoxy) is 1. The molecule has 0 saturated carbocycles. The van der Waals surface area contributed by atoms with E-state index in [1.165, 1.54) is 17.7 Å². The molecule has 1 heterocycles. The van der Waals surface area contributed by atoms with Gasteiger partial charge in [-0.2, -0.15) is 0 Å². The fraction of sp³-hybridized carbons (Fsp3) is 0.400. The first kappa shape index (κ1) is 18.4. The minimum Gasteiger partial charge on any atom is -0.505 e. The molecule has 1 aliphatic heterocycles. The summed E-state index contributed by atoms with van der Waals surface area (Å²) in [5, 5.41) is 18.5. The second-order valence-electron chi connectivity index (χ2n) is 6.05. The SMILES string of the molecule is C=C(CO)C1=CCOC1CC/C(=C/c1ccc(O)c(F)c1)CCC. The van der Waals surface area contributed by atoms with Gasteiger partial charge in [0, 0.05) is 0 Å². The smallest absolute Gasteiger partial charge is 0.165 e. The number of aliphatic hydroxyl groups excluding tert-OH is 1. The maximum Gasteiger partial charge on any atom is 0.165 e. The third kappa shape index (κ3) is 4.79. The van der Waals surface area contributed by atoms with Gasteiger partial charge in [-0.05, 0) is 48.1 Å². The Morgan fingerprint density at radius 3 is 2.88 bits per heavy atom. The third-order valence-corrected chi connectivity index (χ3v) is 4.19. The number of phenols is 1. The van der Waals surface area contributed by atoms with E-state index < -0.39 is 5.82 Å². The maximum absolute atomic E-state index is 13.5. The Kier molecular flexibility index (Phi) is 6.76. The fourth-order valence-corrected chi connectivity index (χ4v) is 2.93. The number of halogens is 1. The summed E-state index contributed by atoms with van der Waals surface area (Å²) in [5.74, 6) is -0.941. The van der Waals surface area contributed by atoms with Gasteiger partial charge < -0.3 is 14.9 Å². The zero-order valence-corrected chi connectivity index (χ0v) is 14.1. The average Bonchev–Trinajstić information content (AvgIpc) is 3.04. The number of hydrogen-bond donors (Lipinski definition) is 2. The van der Waals surface area contributed by atoms with Crippen molar-refractivity contribution in [2.75, 3.05) is 13.2 Å². The normalized spacial score (nSPS) is 17.9. The first-order valence-corrected chi connectivity index (χ1v) is 8.33. The van der Waals surface area contributed by atoms with Gasteiger partial charge in [0.2, 0.25) is 0 Å². The van der Waals surface area contributed by atoms with E-state index in [0.29, 0.717) is 12.2 Å². The highest BCUT2D eigenvalue weighted by Gasteiger charge is 2.21. The van der Waals surface area contributed by atoms with Gasteiger partial charge in [0.05, 0.1) is 19.3 Å². The van der Waals surface area contributed by atoms with Crippen molar-refractivity contribution in [2.24, 2.45) is 0 Å². The van der Waals surface area contributed by atoms with Crippen molar-refractivity contribution in [3.63, 3.8) is 0 Å². The maximum atomic E-state index is 13.5. The first-order valence-electron chi connectivity index (χ1n) is 8.33. The van der Waals surface area contributed by atoms with E-state index in [4.69, 9.17) is 4.74 Å². The molecule has 0 aromatic heterocycles. The lowest BCUT2D eigenvalue weighted by Crippen LogP contribution is -2.13. The zero-order valence-electron chi connectivity index (χ0n) is 14.1. The third-order valence-electron chi connectivity index (χ3n) is 4.19. The van der Waals surface area contributed by atoms with Gasteiger partial charge in [0.1, 0.15) is 0 Å². The van der Waals surface area contributed by atoms with Crippen LogP contribution in [0.4, 0.5) is 4.39 Å². The van der Waals surface area contributed by atoms with Gasteiger partial charge in [-0.15, -0.1) is 0 Å². The van der Waals surface area contributed by atoms with Gasteiger partial charge in [-0.25, -0.2) is 4.39 Å². The Balaban J connectivity index is 2.06. The van der Waals surface area contributed by atoms with Crippen molar-refractivity contribution in [1.29, 1.82) is 0 Å². The molecular formula is C20H25FO3. The van der Waals surface area contributed by atoms with Crippen LogP contribution in [0.1, 0.15) is 38.2 Å². The summed E-state index contributed by atoms with van der Waals surface area (Å²) in [7, 11) is 0. The lowest BCUT2D eigenvalue weighted by molar-refractivity contribution is 0.115. The van der Waals surface area contributed by atoms with Gasteiger partial charge in [-0.3, -0.25) is 0 Å². The molecule has 1 aromatic carbocycles. The zero-order chi connectivity index (χ0) is 17.5. The van der Waals surface area contributed by atoms with Gasteiger partial charge in [0.25, 0.3) is 0 Å². The molecule has 0 amide bonds. The van der Waals surface area contributed by atoms with E-state index in [9.17, 15) is 14.6 Å². The highest BCUT2D eigenvalue weighted by Crippen LogP contribution is 2.28. The number of phenolic OH excluding ortho intramolecular Hbond substituents is 1. The molecule has 1 aromatic rings. The van der Waals surface area contributed by atoms with Crippen molar-refractivity contribution in [2.45, 2.75) is 38.7 Å². The summed E-state index contributed by atoms with van der Waals surface area (Å²) in [4.78, 5) is 0. The number of aromatic hydroxyl groups is 1. The quantitative estimate of drug-likeness (QED) is 0.743. The van der Waals surface area contributed by atoms with Crippen LogP contribution in [-0.4, -0.2) is 29.5 Å². The Bertz CT molecular complexity index is 646. The number of hydrogen-bond acceptors (Lipinski definition) is 3. The monoisotopic (exact) mass is 332 g/mol. The molecule has 0 radical (unpaired) electrons. The van der Waals surface area contributed by atoms with Crippen molar-refractivity contribution in [1.82, 2.24) is 0 Å². The molecule has 0 spiro atoms. The van der Waals surface area contributed by atoms with Crippen LogP contribution in [0, 0.1) is 5.82 Å². The van der Waals surface area contributed by atoms with Crippen molar-refractivity contribution in [3.05, 3.63) is 59.0 Å². The molecule has 3 nitrogen and oxygen atoms in total. The lowest BCUT2D eigenvalue weighted by atomic mass is 9.95. The molecule has 0 bridgehead atoms. The van der Waals surface area contributed by atoms with E-state index in [1.54, 1.807) is 6.07 Å². The van der Waals surface area contributed by atoms with Crippen LogP contribution in [0.2, 0.25) is 0 Å². The molecule has 0 aliphatic carbocycles. The largest absolute Gasteiger partial charge is 0.505 e. The van der Waals surface area contributed by atoms with E-state index in [0.717, 1.165) is 36.8 Å². The van der Waals surface area contributed by atoms with Gasteiger partial charge >= 0.3 is 0 Å². The molecule has 0 fully saturated rings. The molecule has 24 heavy (non-hydrogen) atoms. The average molecular weight is 332 g/mol. The summed E-state index contributed by atoms with van der Waals surface area (Å²) < 4.78 is 19.2. The van der Waals surface area contributed by atoms with E-state index in [2.05, 4.69) is 13.5 Å². The Morgan fingerprint density at radius 2 is 2.21 bits per heavy atom. The minimum atomic E-state index is -0.608. The highest BCUT2D eigenvalue weighted by atomic mass is 19.1. The summed E-state index contributed by atoms with van der Waals surface area (Å²) in [6.07, 6.45) is 7.47. The van der Waals surface area contributed by atoms with Gasteiger partial charge in [-0.1, -0.05) is 43.7 Å². The molecule has 1 atom stereocenters. The summed E-state index contributed by atoms with van der Waals surface area (Å²) in [6, 6.07) is 4.42. The molecule has 0 saturated heterocycles. The lowest BCUT2D eigenvalue weighted by Gasteiger charge is -2.17. The number of rotatable bonds is 8. The van der Waals surface area contributed by atoms with Crippen LogP contribution in [0.3, 0.4) is 0 Å². The molecule has 130 valence electrons. The second-order valence-corrected chi connectivity index (χ2v) is 6.05. The predicted molar refractivity (Wildman–Crippen MR) is 94.2 cm³/mol. The van der Waals surface area contributed by atoms with E-state index in [-0.39, 0.29) is 18.5 Å². The van der Waals surface area contributed by atoms with Crippen LogP contribution >= 0.6 is 0 Å². The van der Waals surface area contributed by atoms with Crippen molar-refractivity contribution < 1.29 is 19.3 Å². The second kappa shape index (κ2) is 8.81. The van der Waals surface area contributed by atoms with Crippen LogP contribution in [0.5, 0.6) is 5.75 Å². The fourth-order valence-electron chi connectivity index (χ4n) is 2.93. The highest BCUT2D eigenvalue weighted by molar-refractivity contribution is 5.54. The van der Waals surface area contributed by atoms with Crippen LogP contribution in [0.15, 0.2) is 47.6 Å². The minimum absolute atomic E-state index is 0.0403. The van der Waals surface area contributed by atoms with Crippen molar-refractivity contribution in [3.8, 4) is 5.75 Å². The summed E-state index contributed by atoms with van der Waals surface area (Å²) >= 11 is 0. The van der Waals surface area contributed by atoms with E-state index in [1.807, 2.05) is 12.2 Å². The molecule has 4 heteroatoms. The summed E-state index contributed by atoms with van der Waals surface area (Å²) in [5.41, 5.74) is 3.66. The Labute approximate surface area is 142 Å². The topological polar surface area (TPSA) is 49.7 Å². The standard InChI is InChI=1S/C20H25FO3/c1-3-4-15(11-16-5-7-19(23)18(21)12-16)6-8-20-17(9-10-24-20)14(2)13-22/h5,7,9,11-12,20,22-23H,2-4,6,8,10,13H2,1H3/b15-11+. The van der Waals surface area contributed by atoms with Crippen molar-refractivity contribution >= 4 is 6.08 Å². The van der Waals surface area contributed by atoms with Crippen LogP contribution < -0.4 is 0 Å². The molecule has 2 N–H and O–H groups in total. The number of allylic oxidation sites excluding steroid dienone is 1.